The van der Waals surface area contributed by atoms with E-state index in [-0.39, 0.29) is 11.4 Å². The van der Waals surface area contributed by atoms with Gasteiger partial charge in [-0.15, -0.1) is 6.42 Å². The van der Waals surface area contributed by atoms with E-state index in [4.69, 9.17) is 6.42 Å². The Labute approximate surface area is 127 Å². The minimum absolute atomic E-state index is 0.290. The number of hydrogen-bond donors (Lipinski definition) is 1. The van der Waals surface area contributed by atoms with E-state index in [9.17, 15) is 15.2 Å². The highest BCUT2D eigenvalue weighted by Crippen LogP contribution is 2.26. The molecule has 0 fully saturated rings. The molecule has 0 radical (unpaired) electrons. The summed E-state index contributed by atoms with van der Waals surface area (Å²) in [6.07, 6.45) is 8.86. The van der Waals surface area contributed by atoms with Crippen LogP contribution in [-0.4, -0.2) is 31.8 Å². The lowest BCUT2D eigenvalue weighted by Gasteiger charge is -2.15. The summed E-state index contributed by atoms with van der Waals surface area (Å²) in [6.45, 7) is 1.63. The quantitative estimate of drug-likeness (QED) is 0.499. The molecule has 22 heavy (non-hydrogen) atoms. The molecule has 1 heterocycles. The van der Waals surface area contributed by atoms with Crippen LogP contribution in [0.1, 0.15) is 11.1 Å². The number of hydrogen-bond acceptors (Lipinski definition) is 5. The SMILES string of the molecule is C#CCn1cc(CN(C)Cc2ccc([N+](=O)[O-])c(O)c2)cn1. The van der Waals surface area contributed by atoms with Gasteiger partial charge in [0, 0.05) is 30.9 Å². The third kappa shape index (κ3) is 3.84. The Kier molecular flexibility index (Phi) is 4.76. The molecule has 0 saturated carbocycles. The molecule has 2 rings (SSSR count). The van der Waals surface area contributed by atoms with Crippen molar-refractivity contribution in [1.82, 2.24) is 14.7 Å². The summed E-state index contributed by atoms with van der Waals surface area (Å²) in [4.78, 5) is 12.1. The maximum atomic E-state index is 10.7. The van der Waals surface area contributed by atoms with Crippen LogP contribution < -0.4 is 0 Å². The van der Waals surface area contributed by atoms with Gasteiger partial charge in [0.25, 0.3) is 0 Å². The summed E-state index contributed by atoms with van der Waals surface area (Å²) in [5, 5.41) is 24.4. The number of rotatable bonds is 6. The van der Waals surface area contributed by atoms with E-state index in [1.807, 2.05) is 18.1 Å². The second-order valence-corrected chi connectivity index (χ2v) is 5.00. The average Bonchev–Trinajstić information content (AvgIpc) is 2.86. The topological polar surface area (TPSA) is 84.4 Å². The standard InChI is InChI=1S/C15H16N4O3/c1-3-6-18-11-13(8-16-18)10-17(2)9-12-4-5-14(19(21)22)15(20)7-12/h1,4-5,7-8,11,20H,6,9-10H2,2H3. The minimum Gasteiger partial charge on any atom is -0.502 e. The smallest absolute Gasteiger partial charge is 0.310 e. The van der Waals surface area contributed by atoms with Crippen molar-refractivity contribution >= 4 is 5.69 Å². The van der Waals surface area contributed by atoms with Gasteiger partial charge in [-0.1, -0.05) is 12.0 Å². The number of aromatic hydroxyl groups is 1. The number of benzene rings is 1. The van der Waals surface area contributed by atoms with Crippen LogP contribution in [0, 0.1) is 22.5 Å². The van der Waals surface area contributed by atoms with Crippen molar-refractivity contribution in [3.8, 4) is 18.1 Å². The first kappa shape index (κ1) is 15.5. The highest BCUT2D eigenvalue weighted by atomic mass is 16.6. The van der Waals surface area contributed by atoms with E-state index in [0.717, 1.165) is 11.1 Å². The van der Waals surface area contributed by atoms with Crippen LogP contribution in [0.25, 0.3) is 0 Å². The van der Waals surface area contributed by atoms with Crippen molar-refractivity contribution in [3.63, 3.8) is 0 Å². The van der Waals surface area contributed by atoms with Crippen molar-refractivity contribution in [2.45, 2.75) is 19.6 Å². The molecule has 7 nitrogen and oxygen atoms in total. The van der Waals surface area contributed by atoms with E-state index < -0.39 is 4.92 Å². The van der Waals surface area contributed by atoms with E-state index in [1.54, 1.807) is 16.9 Å². The Balaban J connectivity index is 1.99. The summed E-state index contributed by atoms with van der Waals surface area (Å²) in [6, 6.07) is 4.36. The molecular formula is C15H16N4O3. The van der Waals surface area contributed by atoms with Gasteiger partial charge < -0.3 is 5.11 Å². The van der Waals surface area contributed by atoms with Crippen molar-refractivity contribution in [1.29, 1.82) is 0 Å². The molecule has 0 saturated heterocycles. The maximum Gasteiger partial charge on any atom is 0.310 e. The second-order valence-electron chi connectivity index (χ2n) is 5.00. The van der Waals surface area contributed by atoms with Crippen LogP contribution in [0.2, 0.25) is 0 Å². The molecule has 0 aliphatic rings. The number of nitro groups is 1. The Bertz CT molecular complexity index is 718. The lowest BCUT2D eigenvalue weighted by Crippen LogP contribution is -2.16. The first-order chi connectivity index (χ1) is 10.5. The van der Waals surface area contributed by atoms with Gasteiger partial charge in [-0.05, 0) is 18.7 Å². The molecule has 0 amide bonds. The van der Waals surface area contributed by atoms with E-state index in [0.29, 0.717) is 19.6 Å². The first-order valence-electron chi connectivity index (χ1n) is 6.59. The van der Waals surface area contributed by atoms with E-state index in [2.05, 4.69) is 11.0 Å². The van der Waals surface area contributed by atoms with Gasteiger partial charge >= 0.3 is 5.69 Å². The highest BCUT2D eigenvalue weighted by Gasteiger charge is 2.13. The molecular weight excluding hydrogens is 284 g/mol. The number of phenols is 1. The molecule has 1 N–H and O–H groups in total. The zero-order valence-electron chi connectivity index (χ0n) is 12.1. The second kappa shape index (κ2) is 6.74. The van der Waals surface area contributed by atoms with Crippen molar-refractivity contribution < 1.29 is 10.0 Å². The number of nitrogens with zero attached hydrogens (tertiary/aromatic N) is 4. The van der Waals surface area contributed by atoms with Crippen LogP contribution in [0.4, 0.5) is 5.69 Å². The largest absolute Gasteiger partial charge is 0.502 e. The molecule has 0 unspecified atom stereocenters. The number of nitro benzene ring substituents is 1. The van der Waals surface area contributed by atoms with Gasteiger partial charge in [0.2, 0.25) is 0 Å². The van der Waals surface area contributed by atoms with Crippen molar-refractivity contribution in [3.05, 3.63) is 51.8 Å². The van der Waals surface area contributed by atoms with Gasteiger partial charge in [-0.25, -0.2) is 0 Å². The van der Waals surface area contributed by atoms with Crippen molar-refractivity contribution in [2.75, 3.05) is 7.05 Å². The fraction of sp³-hybridized carbons (Fsp3) is 0.267. The first-order valence-corrected chi connectivity index (χ1v) is 6.59. The fourth-order valence-electron chi connectivity index (χ4n) is 2.17. The van der Waals surface area contributed by atoms with Gasteiger partial charge in [0.1, 0.15) is 6.54 Å². The lowest BCUT2D eigenvalue weighted by atomic mass is 10.1. The molecule has 1 aromatic heterocycles. The number of terminal acetylenes is 1. The highest BCUT2D eigenvalue weighted by molar-refractivity contribution is 5.47. The number of aromatic nitrogens is 2. The predicted molar refractivity (Wildman–Crippen MR) is 81.0 cm³/mol. The normalized spacial score (nSPS) is 10.6. The Morgan fingerprint density at radius 3 is 2.82 bits per heavy atom. The van der Waals surface area contributed by atoms with Crippen LogP contribution >= 0.6 is 0 Å². The van der Waals surface area contributed by atoms with Crippen molar-refractivity contribution in [2.24, 2.45) is 0 Å². The summed E-state index contributed by atoms with van der Waals surface area (Å²) in [5.41, 5.74) is 1.52. The summed E-state index contributed by atoms with van der Waals surface area (Å²) in [7, 11) is 1.91. The molecule has 7 heteroatoms. The third-order valence-corrected chi connectivity index (χ3v) is 3.08. The summed E-state index contributed by atoms with van der Waals surface area (Å²) < 4.78 is 1.68. The molecule has 0 aliphatic heterocycles. The zero-order chi connectivity index (χ0) is 16.1. The maximum absolute atomic E-state index is 10.7. The molecule has 0 aliphatic carbocycles. The molecule has 0 spiro atoms. The lowest BCUT2D eigenvalue weighted by molar-refractivity contribution is -0.385. The molecule has 114 valence electrons. The Morgan fingerprint density at radius 1 is 1.45 bits per heavy atom. The molecule has 0 bridgehead atoms. The van der Waals surface area contributed by atoms with Crippen LogP contribution in [0.3, 0.4) is 0 Å². The Hall–Kier alpha value is -2.85. The minimum atomic E-state index is -0.608. The average molecular weight is 300 g/mol. The Morgan fingerprint density at radius 2 is 2.18 bits per heavy atom. The monoisotopic (exact) mass is 300 g/mol. The van der Waals surface area contributed by atoms with E-state index in [1.165, 1.54) is 12.1 Å². The number of phenolic OH excluding ortho intramolecular Hbond substituents is 1. The zero-order valence-corrected chi connectivity index (χ0v) is 12.1. The molecule has 2 aromatic rings. The summed E-state index contributed by atoms with van der Waals surface area (Å²) in [5.74, 6) is 2.19. The predicted octanol–water partition coefficient (Wildman–Crippen LogP) is 1.76. The van der Waals surface area contributed by atoms with Gasteiger partial charge in [-0.2, -0.15) is 5.10 Å². The van der Waals surface area contributed by atoms with Crippen LogP contribution in [0.5, 0.6) is 5.75 Å². The van der Waals surface area contributed by atoms with Gasteiger partial charge in [-0.3, -0.25) is 19.7 Å². The van der Waals surface area contributed by atoms with Crippen LogP contribution in [0.15, 0.2) is 30.6 Å². The summed E-state index contributed by atoms with van der Waals surface area (Å²) >= 11 is 0. The van der Waals surface area contributed by atoms with Crippen LogP contribution in [-0.2, 0) is 19.6 Å². The molecule has 0 atom stereocenters. The van der Waals surface area contributed by atoms with E-state index >= 15 is 0 Å². The third-order valence-electron chi connectivity index (χ3n) is 3.08. The molecule has 1 aromatic carbocycles. The van der Waals surface area contributed by atoms with Gasteiger partial charge in [0.15, 0.2) is 5.75 Å². The fourth-order valence-corrected chi connectivity index (χ4v) is 2.17. The van der Waals surface area contributed by atoms with Gasteiger partial charge in [0.05, 0.1) is 11.1 Å².